The third-order valence-corrected chi connectivity index (χ3v) is 3.01. The first-order valence-corrected chi connectivity index (χ1v) is 6.13. The highest BCUT2D eigenvalue weighted by Crippen LogP contribution is 2.16. The lowest BCUT2D eigenvalue weighted by atomic mass is 10.1. The van der Waals surface area contributed by atoms with Gasteiger partial charge in [0, 0.05) is 25.0 Å². The van der Waals surface area contributed by atoms with Crippen molar-refractivity contribution in [3.05, 3.63) is 59.2 Å². The molecule has 0 spiro atoms. The Labute approximate surface area is 116 Å². The number of ether oxygens (including phenoxy) is 1. The maximum absolute atomic E-state index is 13.7. The van der Waals surface area contributed by atoms with Crippen molar-refractivity contribution in [2.75, 3.05) is 7.11 Å². The van der Waals surface area contributed by atoms with Gasteiger partial charge in [-0.15, -0.1) is 0 Å². The van der Waals surface area contributed by atoms with Crippen LogP contribution in [0.4, 0.5) is 4.39 Å². The summed E-state index contributed by atoms with van der Waals surface area (Å²) in [5, 5.41) is 2.67. The second-order valence-corrected chi connectivity index (χ2v) is 4.33. The van der Waals surface area contributed by atoms with Gasteiger partial charge in [-0.2, -0.15) is 0 Å². The molecule has 0 aliphatic rings. The highest BCUT2D eigenvalue weighted by atomic mass is 19.1. The van der Waals surface area contributed by atoms with Crippen LogP contribution in [0, 0.1) is 12.7 Å². The van der Waals surface area contributed by atoms with E-state index in [1.165, 1.54) is 19.2 Å². The monoisotopic (exact) mass is 274 g/mol. The number of nitrogens with zero attached hydrogens (tertiary/aromatic N) is 1. The lowest BCUT2D eigenvalue weighted by Gasteiger charge is -2.08. The summed E-state index contributed by atoms with van der Waals surface area (Å²) >= 11 is 0. The van der Waals surface area contributed by atoms with E-state index >= 15 is 0 Å². The first-order valence-electron chi connectivity index (χ1n) is 6.13. The maximum atomic E-state index is 13.7. The fourth-order valence-electron chi connectivity index (χ4n) is 1.76. The molecule has 0 saturated carbocycles. The first kappa shape index (κ1) is 14.0. The normalized spacial score (nSPS) is 10.2. The fourth-order valence-corrected chi connectivity index (χ4v) is 1.76. The van der Waals surface area contributed by atoms with Crippen LogP contribution in [0.5, 0.6) is 5.75 Å². The Hall–Kier alpha value is -2.43. The second kappa shape index (κ2) is 6.14. The molecule has 5 heteroatoms. The Kier molecular flexibility index (Phi) is 4.30. The summed E-state index contributed by atoms with van der Waals surface area (Å²) in [5.41, 5.74) is 1.91. The molecule has 1 amide bonds. The van der Waals surface area contributed by atoms with Gasteiger partial charge >= 0.3 is 0 Å². The van der Waals surface area contributed by atoms with Crippen LogP contribution in [0.3, 0.4) is 0 Å². The third kappa shape index (κ3) is 3.12. The average molecular weight is 274 g/mol. The number of nitrogens with one attached hydrogen (secondary N) is 1. The van der Waals surface area contributed by atoms with Gasteiger partial charge in [-0.3, -0.25) is 9.78 Å². The van der Waals surface area contributed by atoms with Gasteiger partial charge in [0.2, 0.25) is 0 Å². The zero-order valence-corrected chi connectivity index (χ0v) is 11.3. The van der Waals surface area contributed by atoms with Crippen molar-refractivity contribution in [1.82, 2.24) is 10.3 Å². The molecular formula is C15H15FN2O2. The van der Waals surface area contributed by atoms with E-state index in [1.54, 1.807) is 18.5 Å². The molecule has 0 bridgehead atoms. The molecule has 0 radical (unpaired) electrons. The van der Waals surface area contributed by atoms with Crippen LogP contribution in [-0.2, 0) is 6.54 Å². The molecule has 0 aliphatic carbocycles. The van der Waals surface area contributed by atoms with Gasteiger partial charge < -0.3 is 10.1 Å². The van der Waals surface area contributed by atoms with Crippen molar-refractivity contribution in [2.45, 2.75) is 13.5 Å². The number of rotatable bonds is 4. The van der Waals surface area contributed by atoms with Crippen molar-refractivity contribution in [2.24, 2.45) is 0 Å². The van der Waals surface area contributed by atoms with Crippen molar-refractivity contribution < 1.29 is 13.9 Å². The molecule has 2 rings (SSSR count). The number of carbonyl (C=O) groups excluding carboxylic acids is 1. The van der Waals surface area contributed by atoms with Gasteiger partial charge in [0.25, 0.3) is 5.91 Å². The molecule has 4 nitrogen and oxygen atoms in total. The SMILES string of the molecule is COc1ccc(C(=O)NCc2cnccc2C)c(F)c1. The lowest BCUT2D eigenvalue weighted by Crippen LogP contribution is -2.24. The van der Waals surface area contributed by atoms with E-state index in [0.29, 0.717) is 12.3 Å². The van der Waals surface area contributed by atoms with Crippen LogP contribution in [-0.4, -0.2) is 18.0 Å². The molecule has 0 saturated heterocycles. The van der Waals surface area contributed by atoms with E-state index in [1.807, 2.05) is 13.0 Å². The number of benzene rings is 1. The summed E-state index contributed by atoms with van der Waals surface area (Å²) < 4.78 is 18.6. The number of hydrogen-bond donors (Lipinski definition) is 1. The topological polar surface area (TPSA) is 51.2 Å². The largest absolute Gasteiger partial charge is 0.497 e. The zero-order chi connectivity index (χ0) is 14.5. The molecule has 1 heterocycles. The molecule has 20 heavy (non-hydrogen) atoms. The number of halogens is 1. The lowest BCUT2D eigenvalue weighted by molar-refractivity contribution is 0.0946. The number of methoxy groups -OCH3 is 1. The van der Waals surface area contributed by atoms with Crippen LogP contribution in [0.2, 0.25) is 0 Å². The molecule has 1 N–H and O–H groups in total. The van der Waals surface area contributed by atoms with E-state index in [2.05, 4.69) is 10.3 Å². The fraction of sp³-hybridized carbons (Fsp3) is 0.200. The number of pyridine rings is 1. The average Bonchev–Trinajstić information content (AvgIpc) is 2.46. The number of hydrogen-bond acceptors (Lipinski definition) is 3. The molecule has 1 aromatic carbocycles. The number of aryl methyl sites for hydroxylation is 1. The molecule has 0 aliphatic heterocycles. The maximum Gasteiger partial charge on any atom is 0.254 e. The highest BCUT2D eigenvalue weighted by molar-refractivity contribution is 5.94. The van der Waals surface area contributed by atoms with E-state index in [9.17, 15) is 9.18 Å². The van der Waals surface area contributed by atoms with E-state index < -0.39 is 11.7 Å². The van der Waals surface area contributed by atoms with Crippen LogP contribution >= 0.6 is 0 Å². The van der Waals surface area contributed by atoms with E-state index in [4.69, 9.17) is 4.74 Å². The minimum Gasteiger partial charge on any atom is -0.497 e. The first-order chi connectivity index (χ1) is 9.61. The Morgan fingerprint density at radius 2 is 2.20 bits per heavy atom. The number of carbonyl (C=O) groups is 1. The van der Waals surface area contributed by atoms with Gasteiger partial charge in [0.1, 0.15) is 11.6 Å². The summed E-state index contributed by atoms with van der Waals surface area (Å²) in [6, 6.07) is 5.99. The van der Waals surface area contributed by atoms with Crippen LogP contribution in [0.1, 0.15) is 21.5 Å². The van der Waals surface area contributed by atoms with Crippen LogP contribution in [0.25, 0.3) is 0 Å². The molecule has 0 fully saturated rings. The quantitative estimate of drug-likeness (QED) is 0.931. The van der Waals surface area contributed by atoms with E-state index in [-0.39, 0.29) is 5.56 Å². The molecule has 104 valence electrons. The molecular weight excluding hydrogens is 259 g/mol. The Morgan fingerprint density at radius 1 is 1.40 bits per heavy atom. The number of aromatic nitrogens is 1. The molecule has 2 aromatic rings. The van der Waals surface area contributed by atoms with Crippen LogP contribution in [0.15, 0.2) is 36.7 Å². The summed E-state index contributed by atoms with van der Waals surface area (Å²) in [5.74, 6) is -0.694. The van der Waals surface area contributed by atoms with Crippen molar-refractivity contribution in [1.29, 1.82) is 0 Å². The van der Waals surface area contributed by atoms with Gasteiger partial charge in [-0.1, -0.05) is 0 Å². The van der Waals surface area contributed by atoms with Crippen molar-refractivity contribution in [3.63, 3.8) is 0 Å². The van der Waals surface area contributed by atoms with Crippen molar-refractivity contribution >= 4 is 5.91 Å². The minimum atomic E-state index is -0.607. The summed E-state index contributed by atoms with van der Waals surface area (Å²) in [7, 11) is 1.44. The minimum absolute atomic E-state index is 0.00709. The van der Waals surface area contributed by atoms with Gasteiger partial charge in [0.15, 0.2) is 0 Å². The smallest absolute Gasteiger partial charge is 0.254 e. The summed E-state index contributed by atoms with van der Waals surface area (Å²) in [4.78, 5) is 15.9. The predicted molar refractivity (Wildman–Crippen MR) is 73.1 cm³/mol. The van der Waals surface area contributed by atoms with Gasteiger partial charge in [-0.25, -0.2) is 4.39 Å². The Balaban J connectivity index is 2.07. The summed E-state index contributed by atoms with van der Waals surface area (Å²) in [6.45, 7) is 2.24. The molecule has 0 unspecified atom stereocenters. The second-order valence-electron chi connectivity index (χ2n) is 4.33. The third-order valence-electron chi connectivity index (χ3n) is 3.01. The van der Waals surface area contributed by atoms with Gasteiger partial charge in [-0.05, 0) is 36.2 Å². The summed E-state index contributed by atoms with van der Waals surface area (Å²) in [6.07, 6.45) is 3.36. The van der Waals surface area contributed by atoms with Crippen molar-refractivity contribution in [3.8, 4) is 5.75 Å². The molecule has 1 aromatic heterocycles. The standard InChI is InChI=1S/C15H15FN2O2/c1-10-5-6-17-8-11(10)9-18-15(19)13-4-3-12(20-2)7-14(13)16/h3-8H,9H2,1-2H3,(H,18,19). The Morgan fingerprint density at radius 3 is 2.85 bits per heavy atom. The predicted octanol–water partition coefficient (Wildman–Crippen LogP) is 2.47. The van der Waals surface area contributed by atoms with Crippen LogP contribution < -0.4 is 10.1 Å². The number of amides is 1. The van der Waals surface area contributed by atoms with E-state index in [0.717, 1.165) is 11.1 Å². The highest BCUT2D eigenvalue weighted by Gasteiger charge is 2.12. The Bertz CT molecular complexity index is 629. The zero-order valence-electron chi connectivity index (χ0n) is 11.3. The molecule has 0 atom stereocenters. The van der Waals surface area contributed by atoms with Gasteiger partial charge in [0.05, 0.1) is 12.7 Å².